The van der Waals surface area contributed by atoms with E-state index in [1.165, 1.54) is 0 Å². The van der Waals surface area contributed by atoms with Crippen LogP contribution in [0, 0.1) is 50.2 Å². The van der Waals surface area contributed by atoms with Crippen molar-refractivity contribution in [1.29, 1.82) is 0 Å². The second kappa shape index (κ2) is 25.2. The second-order valence-corrected chi connectivity index (χ2v) is 24.6. The summed E-state index contributed by atoms with van der Waals surface area (Å²) in [5.41, 5.74) is -0.573. The van der Waals surface area contributed by atoms with Crippen LogP contribution in [0.1, 0.15) is 160 Å². The van der Waals surface area contributed by atoms with Crippen molar-refractivity contribution in [3.63, 3.8) is 0 Å². The maximum absolute atomic E-state index is 13.2. The van der Waals surface area contributed by atoms with Crippen LogP contribution < -0.4 is 16.0 Å². The molecule has 3 fully saturated rings. The van der Waals surface area contributed by atoms with E-state index < -0.39 is 6.10 Å². The lowest BCUT2D eigenvalue weighted by molar-refractivity contribution is -0.125. The third-order valence-electron chi connectivity index (χ3n) is 13.7. The van der Waals surface area contributed by atoms with Crippen LogP contribution in [-0.4, -0.2) is 113 Å². The molecule has 0 heterocycles. The highest BCUT2D eigenvalue weighted by molar-refractivity contribution is 5.77. The molecule has 3 N–H and O–H groups in total. The number of nitrogens with one attached hydrogen (secondary N) is 3. The minimum Gasteiger partial charge on any atom is -0.378 e. The first-order valence-electron chi connectivity index (χ1n) is 24.5. The van der Waals surface area contributed by atoms with Gasteiger partial charge in [0.25, 0.3) is 0 Å². The van der Waals surface area contributed by atoms with Crippen LogP contribution in [0.5, 0.6) is 0 Å². The van der Waals surface area contributed by atoms with Gasteiger partial charge >= 0.3 is 0 Å². The van der Waals surface area contributed by atoms with E-state index in [0.717, 1.165) is 51.4 Å². The van der Waals surface area contributed by atoms with Gasteiger partial charge in [-0.3, -0.25) is 14.4 Å². The standard InChI is InChI=1S/C51H86N6O9/c1-36(13-43(61)52-30-49(10)19-39(55-33-58)16-46(4,5)27-49)22-64-25-42(66-24-38(3)15-45(63)54-32-51(12)21-41(57-35-60)18-48(8,9)29-51)26-65-23-37(2)14-44(62)53-31-50(11)20-40(56-34-59)17-47(6,7)28-50/h36-42H,13-32H2,1-12H3,(H,52,61)(H,53,62)(H,54,63). The molecule has 3 aliphatic rings. The molecule has 3 aliphatic carbocycles. The van der Waals surface area contributed by atoms with E-state index in [9.17, 15) is 28.8 Å². The lowest BCUT2D eigenvalue weighted by atomic mass is 9.62. The van der Waals surface area contributed by atoms with E-state index in [4.69, 9.17) is 14.2 Å². The third kappa shape index (κ3) is 21.2. The molecule has 0 aromatic rings. The molecule has 0 spiro atoms. The van der Waals surface area contributed by atoms with Crippen LogP contribution in [-0.2, 0) is 43.0 Å². The molecule has 0 aromatic carbocycles. The van der Waals surface area contributed by atoms with Gasteiger partial charge < -0.3 is 30.2 Å². The Hall–Kier alpha value is -3.57. The van der Waals surface area contributed by atoms with Crippen LogP contribution in [0.2, 0.25) is 0 Å². The summed E-state index contributed by atoms with van der Waals surface area (Å²) in [6.07, 6.45) is 12.9. The highest BCUT2D eigenvalue weighted by Gasteiger charge is 2.44. The fourth-order valence-electron chi connectivity index (χ4n) is 12.2. The lowest BCUT2D eigenvalue weighted by Gasteiger charge is -2.45. The molecule has 3 rings (SSSR count). The molecule has 3 saturated carbocycles. The van der Waals surface area contributed by atoms with Crippen molar-refractivity contribution in [3.05, 3.63) is 0 Å². The number of hydrogen-bond donors (Lipinski definition) is 3. The first kappa shape index (κ1) is 56.8. The monoisotopic (exact) mass is 927 g/mol. The molecule has 0 aliphatic heterocycles. The number of aliphatic imine (C=N–C) groups is 3. The van der Waals surface area contributed by atoms with Crippen molar-refractivity contribution in [3.8, 4) is 0 Å². The Labute approximate surface area is 396 Å². The number of carbonyl (C=O) groups is 3. The Kier molecular flexibility index (Phi) is 21.6. The van der Waals surface area contributed by atoms with Gasteiger partial charge in [0, 0.05) is 52.1 Å². The first-order valence-corrected chi connectivity index (χ1v) is 24.5. The fourth-order valence-corrected chi connectivity index (χ4v) is 12.2. The van der Waals surface area contributed by atoms with Crippen molar-refractivity contribution in [1.82, 2.24) is 16.0 Å². The van der Waals surface area contributed by atoms with Gasteiger partial charge in [0.15, 0.2) is 0 Å². The fraction of sp³-hybridized carbons (Fsp3) is 0.882. The van der Waals surface area contributed by atoms with Gasteiger partial charge in [-0.25, -0.2) is 29.4 Å². The average molecular weight is 927 g/mol. The molecule has 0 saturated heterocycles. The molecule has 0 aromatic heterocycles. The SMILES string of the molecule is CC(COCC(COCC(C)CC(=O)NCC1(C)CC(N=C=O)CC(C)(C)C1)OCC(C)CC(=O)NCC1(C)CC(N=C=O)CC(C)(C)C1)CC(=O)NCC1(C)CC(N=C=O)CC(C)(C)C1. The van der Waals surface area contributed by atoms with Gasteiger partial charge in [-0.05, 0) is 108 Å². The molecule has 0 radical (unpaired) electrons. The van der Waals surface area contributed by atoms with E-state index in [2.05, 4.69) is 93.2 Å². The van der Waals surface area contributed by atoms with E-state index in [1.807, 2.05) is 20.8 Å². The normalized spacial score (nSPS) is 29.5. The first-order chi connectivity index (χ1) is 30.7. The largest absolute Gasteiger partial charge is 0.378 e. The van der Waals surface area contributed by atoms with Crippen molar-refractivity contribution in [2.24, 2.45) is 65.2 Å². The molecule has 66 heavy (non-hydrogen) atoms. The lowest BCUT2D eigenvalue weighted by Crippen LogP contribution is -2.45. The Morgan fingerprint density at radius 3 is 1.06 bits per heavy atom. The summed E-state index contributed by atoms with van der Waals surface area (Å²) in [5.74, 6) is -0.432. The number of amides is 3. The highest BCUT2D eigenvalue weighted by atomic mass is 16.6. The summed E-state index contributed by atoms with van der Waals surface area (Å²) in [5, 5.41) is 9.38. The van der Waals surface area contributed by atoms with Crippen LogP contribution in [0.25, 0.3) is 0 Å². The molecular weight excluding hydrogens is 841 g/mol. The van der Waals surface area contributed by atoms with Crippen LogP contribution in [0.15, 0.2) is 15.0 Å². The second-order valence-electron chi connectivity index (χ2n) is 24.6. The summed E-state index contributed by atoms with van der Waals surface area (Å²) in [6, 6.07) is -0.301. The van der Waals surface area contributed by atoms with Crippen LogP contribution in [0.3, 0.4) is 0 Å². The molecule has 15 nitrogen and oxygen atoms in total. The number of ether oxygens (including phenoxy) is 3. The van der Waals surface area contributed by atoms with E-state index in [1.54, 1.807) is 18.2 Å². The van der Waals surface area contributed by atoms with E-state index >= 15 is 0 Å². The maximum Gasteiger partial charge on any atom is 0.235 e. The zero-order valence-corrected chi connectivity index (χ0v) is 42.7. The quantitative estimate of drug-likeness (QED) is 0.0577. The predicted molar refractivity (Wildman–Crippen MR) is 255 cm³/mol. The Balaban J connectivity index is 1.52. The molecule has 0 bridgehead atoms. The highest BCUT2D eigenvalue weighted by Crippen LogP contribution is 2.49. The summed E-state index contributed by atoms with van der Waals surface area (Å²) < 4.78 is 18.6. The predicted octanol–water partition coefficient (Wildman–Crippen LogP) is 7.59. The molecule has 9 unspecified atom stereocenters. The number of rotatable bonds is 26. The smallest absolute Gasteiger partial charge is 0.235 e. The van der Waals surface area contributed by atoms with Crippen LogP contribution in [0.4, 0.5) is 0 Å². The Morgan fingerprint density at radius 1 is 0.485 bits per heavy atom. The zero-order chi connectivity index (χ0) is 49.4. The Morgan fingerprint density at radius 2 is 0.773 bits per heavy atom. The summed E-state index contributed by atoms with van der Waals surface area (Å²) in [7, 11) is 0. The van der Waals surface area contributed by atoms with Gasteiger partial charge in [0.2, 0.25) is 36.0 Å². The maximum atomic E-state index is 13.2. The van der Waals surface area contributed by atoms with Crippen molar-refractivity contribution < 1.29 is 43.0 Å². The summed E-state index contributed by atoms with van der Waals surface area (Å²) >= 11 is 0. The van der Waals surface area contributed by atoms with Crippen molar-refractivity contribution in [2.75, 3.05) is 52.7 Å². The molecule has 15 heteroatoms. The summed E-state index contributed by atoms with van der Waals surface area (Å²) in [4.78, 5) is 84.5. The minimum absolute atomic E-state index is 0.00137. The molecule has 3 amide bonds. The average Bonchev–Trinajstić information content (AvgIpc) is 3.15. The summed E-state index contributed by atoms with van der Waals surface area (Å²) in [6.45, 7) is 28.2. The van der Waals surface area contributed by atoms with Crippen molar-refractivity contribution in [2.45, 2.75) is 184 Å². The Bertz CT molecular complexity index is 1670. The van der Waals surface area contributed by atoms with Crippen molar-refractivity contribution >= 4 is 36.0 Å². The van der Waals surface area contributed by atoms with Gasteiger partial charge in [0.05, 0.1) is 37.9 Å². The zero-order valence-electron chi connectivity index (χ0n) is 42.7. The minimum atomic E-state index is -0.454. The van der Waals surface area contributed by atoms with Crippen LogP contribution >= 0.6 is 0 Å². The van der Waals surface area contributed by atoms with Gasteiger partial charge in [0.1, 0.15) is 6.10 Å². The molecule has 9 atom stereocenters. The van der Waals surface area contributed by atoms with Gasteiger partial charge in [-0.2, -0.15) is 0 Å². The number of isocyanates is 3. The van der Waals surface area contributed by atoms with Gasteiger partial charge in [-0.15, -0.1) is 0 Å². The molecular formula is C51H86N6O9. The number of carbonyl (C=O) groups excluding carboxylic acids is 6. The molecule has 374 valence electrons. The number of hydrogen-bond acceptors (Lipinski definition) is 12. The van der Waals surface area contributed by atoms with E-state index in [0.29, 0.717) is 45.9 Å². The number of nitrogens with zero attached hydrogens (tertiary/aromatic N) is 3. The third-order valence-corrected chi connectivity index (χ3v) is 13.7. The van der Waals surface area contributed by atoms with E-state index in [-0.39, 0.29) is 119 Å². The topological polar surface area (TPSA) is 203 Å². The van der Waals surface area contributed by atoms with Gasteiger partial charge in [-0.1, -0.05) is 83.1 Å².